The molecule has 0 saturated carbocycles. The maximum Gasteiger partial charge on any atom is 0.109 e. The molecule has 0 saturated heterocycles. The highest BCUT2D eigenvalue weighted by molar-refractivity contribution is 6.35. The van der Waals surface area contributed by atoms with Crippen molar-refractivity contribution >= 4 is 33.9 Å². The molecule has 0 amide bonds. The first-order valence-electron chi connectivity index (χ1n) is 11.4. The Kier molecular flexibility index (Phi) is 6.99. The summed E-state index contributed by atoms with van der Waals surface area (Å²) >= 11 is 6.68. The topological polar surface area (TPSA) is 91.5 Å². The van der Waals surface area contributed by atoms with E-state index < -0.39 is 0 Å². The summed E-state index contributed by atoms with van der Waals surface area (Å²) in [7, 11) is 0. The number of halogens is 1. The van der Waals surface area contributed by atoms with Crippen molar-refractivity contribution in [1.29, 1.82) is 5.26 Å². The first-order valence-corrected chi connectivity index (χ1v) is 11.8. The van der Waals surface area contributed by atoms with Crippen LogP contribution in [0.1, 0.15) is 63.0 Å². The fraction of sp³-hybridized carbons (Fsp3) is 0.308. The number of rotatable bonds is 8. The van der Waals surface area contributed by atoms with E-state index in [9.17, 15) is 5.26 Å². The van der Waals surface area contributed by atoms with Crippen LogP contribution >= 0.6 is 11.6 Å². The summed E-state index contributed by atoms with van der Waals surface area (Å²) in [4.78, 5) is 4.46. The second-order valence-corrected chi connectivity index (χ2v) is 9.08. The predicted octanol–water partition coefficient (Wildman–Crippen LogP) is 6.34. The number of nitrogens with one attached hydrogen (secondary N) is 2. The van der Waals surface area contributed by atoms with Crippen LogP contribution in [0.4, 0.5) is 11.4 Å². The molecule has 2 N–H and O–H groups in total. The minimum absolute atomic E-state index is 0.191. The van der Waals surface area contributed by atoms with Crippen molar-refractivity contribution in [1.82, 2.24) is 20.0 Å². The van der Waals surface area contributed by atoms with Crippen molar-refractivity contribution in [3.63, 3.8) is 0 Å². The zero-order valence-corrected chi connectivity index (χ0v) is 20.5. The number of nitrogens with zero attached hydrogens (tertiary/aromatic N) is 5. The van der Waals surface area contributed by atoms with Gasteiger partial charge in [0.1, 0.15) is 11.8 Å². The normalized spacial score (nSPS) is 13.0. The summed E-state index contributed by atoms with van der Waals surface area (Å²) in [5.41, 5.74) is 4.54. The van der Waals surface area contributed by atoms with E-state index in [-0.39, 0.29) is 18.1 Å². The summed E-state index contributed by atoms with van der Waals surface area (Å²) in [6.07, 6.45) is 4.45. The number of fused-ring (bicyclic) bond motifs is 1. The fourth-order valence-electron chi connectivity index (χ4n) is 3.75. The van der Waals surface area contributed by atoms with Gasteiger partial charge in [0.25, 0.3) is 0 Å². The van der Waals surface area contributed by atoms with Gasteiger partial charge in [0.05, 0.1) is 34.0 Å². The molecule has 0 radical (unpaired) electrons. The Morgan fingerprint density at radius 2 is 1.88 bits per heavy atom. The molecule has 0 aliphatic heterocycles. The highest BCUT2D eigenvalue weighted by atomic mass is 35.5. The van der Waals surface area contributed by atoms with E-state index in [4.69, 9.17) is 11.6 Å². The second-order valence-electron chi connectivity index (χ2n) is 8.67. The van der Waals surface area contributed by atoms with Gasteiger partial charge in [-0.2, -0.15) is 5.26 Å². The Labute approximate surface area is 204 Å². The third-order valence-electron chi connectivity index (χ3n) is 5.85. The zero-order chi connectivity index (χ0) is 24.2. The lowest BCUT2D eigenvalue weighted by atomic mass is 10.0. The van der Waals surface area contributed by atoms with Crippen LogP contribution in [-0.2, 0) is 0 Å². The number of anilines is 2. The van der Waals surface area contributed by atoms with Gasteiger partial charge in [-0.25, -0.2) is 4.68 Å². The maximum absolute atomic E-state index is 9.70. The molecule has 4 rings (SSSR count). The molecule has 0 aliphatic rings. The van der Waals surface area contributed by atoms with E-state index in [1.165, 1.54) is 0 Å². The average Bonchev–Trinajstić information content (AvgIpc) is 3.34. The summed E-state index contributed by atoms with van der Waals surface area (Å²) < 4.78 is 1.84. The van der Waals surface area contributed by atoms with Gasteiger partial charge < -0.3 is 10.6 Å². The van der Waals surface area contributed by atoms with E-state index in [0.29, 0.717) is 16.1 Å². The van der Waals surface area contributed by atoms with Crippen LogP contribution in [0.2, 0.25) is 5.02 Å². The van der Waals surface area contributed by atoms with Crippen LogP contribution in [-0.4, -0.2) is 26.0 Å². The van der Waals surface area contributed by atoms with E-state index in [0.717, 1.165) is 34.4 Å². The van der Waals surface area contributed by atoms with Crippen molar-refractivity contribution in [2.45, 2.75) is 52.2 Å². The Morgan fingerprint density at radius 1 is 1.12 bits per heavy atom. The van der Waals surface area contributed by atoms with Crippen LogP contribution in [0.3, 0.4) is 0 Å². The molecule has 7 nitrogen and oxygen atoms in total. The summed E-state index contributed by atoms with van der Waals surface area (Å²) in [6, 6.07) is 16.4. The van der Waals surface area contributed by atoms with Gasteiger partial charge in [-0.15, -0.1) is 5.10 Å². The van der Waals surface area contributed by atoms with Crippen LogP contribution < -0.4 is 10.6 Å². The standard InChI is InChI=1S/C26H28ClN7/c1-5-17(4)30-24-19(13-28)14-29-26-21(24)11-20(12-22(26)27)31-25(18-9-7-6-8-10-18)23-15-34(16(2)3)33-32-23/h6-12,14-17,25,31H,5H2,1-4H3,(H,29,30). The van der Waals surface area contributed by atoms with Crippen LogP contribution in [0.5, 0.6) is 0 Å². The van der Waals surface area contributed by atoms with Gasteiger partial charge in [0, 0.05) is 29.4 Å². The summed E-state index contributed by atoms with van der Waals surface area (Å²) in [6.45, 7) is 8.32. The Balaban J connectivity index is 1.82. The molecule has 2 aromatic carbocycles. The number of nitriles is 1. The number of benzene rings is 2. The lowest BCUT2D eigenvalue weighted by molar-refractivity contribution is 0.514. The minimum Gasteiger partial charge on any atom is -0.381 e. The van der Waals surface area contributed by atoms with Crippen molar-refractivity contribution in [3.8, 4) is 6.07 Å². The predicted molar refractivity (Wildman–Crippen MR) is 137 cm³/mol. The smallest absolute Gasteiger partial charge is 0.109 e. The number of hydrogen-bond donors (Lipinski definition) is 2. The highest BCUT2D eigenvalue weighted by Crippen LogP contribution is 2.35. The van der Waals surface area contributed by atoms with Crippen molar-refractivity contribution in [3.05, 3.63) is 76.7 Å². The third-order valence-corrected chi connectivity index (χ3v) is 6.13. The molecule has 2 unspecified atom stereocenters. The van der Waals surface area contributed by atoms with Crippen LogP contribution in [0.15, 0.2) is 54.9 Å². The molecule has 0 aliphatic carbocycles. The average molecular weight is 474 g/mol. The zero-order valence-electron chi connectivity index (χ0n) is 19.7. The van der Waals surface area contributed by atoms with Crippen LogP contribution in [0.25, 0.3) is 10.9 Å². The Hall–Kier alpha value is -3.63. The lowest BCUT2D eigenvalue weighted by Gasteiger charge is -2.21. The van der Waals surface area contributed by atoms with Gasteiger partial charge >= 0.3 is 0 Å². The molecule has 8 heteroatoms. The van der Waals surface area contributed by atoms with Gasteiger partial charge in [0.15, 0.2) is 0 Å². The van der Waals surface area contributed by atoms with Gasteiger partial charge in [-0.05, 0) is 44.9 Å². The molecule has 2 aromatic heterocycles. The van der Waals surface area contributed by atoms with Gasteiger partial charge in [-0.1, -0.05) is 54.1 Å². The van der Waals surface area contributed by atoms with Gasteiger partial charge in [-0.3, -0.25) is 4.98 Å². The minimum atomic E-state index is -0.236. The molecular weight excluding hydrogens is 446 g/mol. The first-order chi connectivity index (χ1) is 16.4. The molecule has 0 fully saturated rings. The first kappa shape index (κ1) is 23.5. The molecule has 4 aromatic rings. The van der Waals surface area contributed by atoms with E-state index >= 15 is 0 Å². The Morgan fingerprint density at radius 3 is 2.53 bits per heavy atom. The SMILES string of the molecule is CCC(C)Nc1c(C#N)cnc2c(Cl)cc(NC(c3ccccc3)c3cn(C(C)C)nn3)cc12. The molecule has 174 valence electrons. The van der Waals surface area contributed by atoms with Crippen molar-refractivity contribution in [2.24, 2.45) is 0 Å². The summed E-state index contributed by atoms with van der Waals surface area (Å²) in [5, 5.41) is 26.8. The fourth-order valence-corrected chi connectivity index (χ4v) is 4.02. The van der Waals surface area contributed by atoms with E-state index in [2.05, 4.69) is 71.8 Å². The summed E-state index contributed by atoms with van der Waals surface area (Å²) in [5.74, 6) is 0. The quantitative estimate of drug-likeness (QED) is 0.310. The molecule has 2 heterocycles. The molecule has 2 atom stereocenters. The molecule has 0 spiro atoms. The van der Waals surface area contributed by atoms with E-state index in [1.807, 2.05) is 41.2 Å². The van der Waals surface area contributed by atoms with Crippen LogP contribution in [0, 0.1) is 11.3 Å². The molecule has 34 heavy (non-hydrogen) atoms. The number of aromatic nitrogens is 4. The number of pyridine rings is 1. The number of hydrogen-bond acceptors (Lipinski definition) is 6. The van der Waals surface area contributed by atoms with Crippen molar-refractivity contribution in [2.75, 3.05) is 10.6 Å². The highest BCUT2D eigenvalue weighted by Gasteiger charge is 2.20. The largest absolute Gasteiger partial charge is 0.381 e. The van der Waals surface area contributed by atoms with E-state index in [1.54, 1.807) is 6.20 Å². The molecular formula is C26H28ClN7. The third kappa shape index (κ3) is 4.82. The van der Waals surface area contributed by atoms with Gasteiger partial charge in [0.2, 0.25) is 0 Å². The second kappa shape index (κ2) is 10.1. The van der Waals surface area contributed by atoms with Crippen molar-refractivity contribution < 1.29 is 0 Å². The maximum atomic E-state index is 9.70. The monoisotopic (exact) mass is 473 g/mol. The molecule has 0 bridgehead atoms. The Bertz CT molecular complexity index is 1320. The lowest BCUT2D eigenvalue weighted by Crippen LogP contribution is -2.15.